The highest BCUT2D eigenvalue weighted by Crippen LogP contribution is 2.43. The Morgan fingerprint density at radius 2 is 1.53 bits per heavy atom. The van der Waals surface area contributed by atoms with E-state index in [4.69, 9.17) is 5.11 Å². The second-order valence-corrected chi connectivity index (χ2v) is 9.65. The number of carbonyl (C=O) groups is 3. The Hall–Kier alpha value is -3.73. The van der Waals surface area contributed by atoms with Gasteiger partial charge in [0.15, 0.2) is 6.29 Å². The van der Waals surface area contributed by atoms with Crippen molar-refractivity contribution in [2.45, 2.75) is 51.9 Å². The molecule has 3 aromatic rings. The standard InChI is InChI=1S/C25H22O.C6H11NO3/c1-16-20-12-11-18-7-4-5-9-21(18)25(20)23-14-19-8-3-2-6-17(19)10-13-22(23)24(16)15-26;1-7(5-8)4-2-3-6(9)10/h2-9,15H,10-14H2,1H3;5H,2-4H2,1H3,(H,9,10). The minimum atomic E-state index is -0.820. The van der Waals surface area contributed by atoms with Crippen molar-refractivity contribution in [3.05, 3.63) is 93.0 Å². The van der Waals surface area contributed by atoms with Gasteiger partial charge in [0.25, 0.3) is 0 Å². The van der Waals surface area contributed by atoms with Gasteiger partial charge >= 0.3 is 5.97 Å². The van der Waals surface area contributed by atoms with Crippen LogP contribution in [0.25, 0.3) is 11.1 Å². The molecule has 5 rings (SSSR count). The number of amides is 1. The molecule has 0 saturated heterocycles. The van der Waals surface area contributed by atoms with E-state index in [9.17, 15) is 14.4 Å². The van der Waals surface area contributed by atoms with Crippen LogP contribution in [0.5, 0.6) is 0 Å². The summed E-state index contributed by atoms with van der Waals surface area (Å²) < 4.78 is 0. The average Bonchev–Trinajstić information content (AvgIpc) is 3.08. The number of fused-ring (bicyclic) bond motifs is 6. The van der Waals surface area contributed by atoms with Crippen molar-refractivity contribution in [1.82, 2.24) is 4.90 Å². The Kier molecular flexibility index (Phi) is 7.99. The molecule has 36 heavy (non-hydrogen) atoms. The van der Waals surface area contributed by atoms with E-state index in [0.29, 0.717) is 19.4 Å². The molecule has 0 fully saturated rings. The maximum atomic E-state index is 12.0. The molecule has 0 unspecified atom stereocenters. The van der Waals surface area contributed by atoms with Crippen LogP contribution in [0.4, 0.5) is 0 Å². The second kappa shape index (κ2) is 11.3. The molecular formula is C31H33NO4. The maximum absolute atomic E-state index is 12.0. The van der Waals surface area contributed by atoms with Crippen LogP contribution >= 0.6 is 0 Å². The summed E-state index contributed by atoms with van der Waals surface area (Å²) in [6.07, 6.45) is 7.44. The topological polar surface area (TPSA) is 74.7 Å². The van der Waals surface area contributed by atoms with Gasteiger partial charge in [-0.15, -0.1) is 0 Å². The minimum Gasteiger partial charge on any atom is -0.481 e. The molecule has 3 aromatic carbocycles. The number of benzene rings is 3. The first-order valence-corrected chi connectivity index (χ1v) is 12.6. The molecular weight excluding hydrogens is 450 g/mol. The molecule has 0 bridgehead atoms. The third-order valence-corrected chi connectivity index (χ3v) is 7.41. The summed E-state index contributed by atoms with van der Waals surface area (Å²) in [4.78, 5) is 33.4. The Morgan fingerprint density at radius 3 is 2.22 bits per heavy atom. The highest BCUT2D eigenvalue weighted by molar-refractivity contribution is 5.88. The summed E-state index contributed by atoms with van der Waals surface area (Å²) >= 11 is 0. The van der Waals surface area contributed by atoms with Crippen molar-refractivity contribution >= 4 is 18.7 Å². The third kappa shape index (κ3) is 5.25. The first-order valence-electron chi connectivity index (χ1n) is 12.6. The molecule has 2 aliphatic carbocycles. The first kappa shape index (κ1) is 25.4. The molecule has 0 atom stereocenters. The van der Waals surface area contributed by atoms with Crippen LogP contribution in [0.3, 0.4) is 0 Å². The predicted octanol–water partition coefficient (Wildman–Crippen LogP) is 5.20. The number of hydrogen-bond acceptors (Lipinski definition) is 3. The molecule has 5 heteroatoms. The van der Waals surface area contributed by atoms with Crippen LogP contribution in [-0.2, 0) is 41.7 Å². The van der Waals surface area contributed by atoms with Crippen molar-refractivity contribution in [3.63, 3.8) is 0 Å². The SMILES string of the molecule is CN(C=O)CCCC(=O)O.Cc1c(C=O)c2c(c3c1CCc1ccccc1-3)Cc1ccccc1CC2. The molecule has 0 heterocycles. The largest absolute Gasteiger partial charge is 0.481 e. The Bertz CT molecular complexity index is 1290. The molecule has 0 aromatic heterocycles. The lowest BCUT2D eigenvalue weighted by molar-refractivity contribution is -0.137. The van der Waals surface area contributed by atoms with Gasteiger partial charge in [-0.2, -0.15) is 0 Å². The molecule has 0 spiro atoms. The van der Waals surface area contributed by atoms with Gasteiger partial charge in [0.05, 0.1) is 0 Å². The quantitative estimate of drug-likeness (QED) is 0.489. The number of hydrogen-bond donors (Lipinski definition) is 1. The average molecular weight is 484 g/mol. The van der Waals surface area contributed by atoms with Crippen molar-refractivity contribution in [2.75, 3.05) is 13.6 Å². The lowest BCUT2D eigenvalue weighted by Crippen LogP contribution is -2.17. The molecule has 0 saturated carbocycles. The summed E-state index contributed by atoms with van der Waals surface area (Å²) in [6.45, 7) is 2.66. The number of aryl methyl sites for hydroxylation is 2. The number of carbonyl (C=O) groups excluding carboxylic acids is 2. The van der Waals surface area contributed by atoms with Gasteiger partial charge in [0, 0.05) is 25.6 Å². The predicted molar refractivity (Wildman–Crippen MR) is 142 cm³/mol. The maximum Gasteiger partial charge on any atom is 0.303 e. The summed E-state index contributed by atoms with van der Waals surface area (Å²) in [7, 11) is 1.62. The number of nitrogens with zero attached hydrogens (tertiary/aromatic N) is 1. The van der Waals surface area contributed by atoms with Gasteiger partial charge in [0.1, 0.15) is 0 Å². The second-order valence-electron chi connectivity index (χ2n) is 9.65. The van der Waals surface area contributed by atoms with E-state index < -0.39 is 5.97 Å². The van der Waals surface area contributed by atoms with Crippen molar-refractivity contribution in [2.24, 2.45) is 0 Å². The summed E-state index contributed by atoms with van der Waals surface area (Å²) in [6, 6.07) is 17.6. The van der Waals surface area contributed by atoms with Crippen LogP contribution < -0.4 is 0 Å². The molecule has 1 N–H and O–H groups in total. The molecule has 1 amide bonds. The third-order valence-electron chi connectivity index (χ3n) is 7.41. The molecule has 0 radical (unpaired) electrons. The fourth-order valence-electron chi connectivity index (χ4n) is 5.55. The monoisotopic (exact) mass is 483 g/mol. The summed E-state index contributed by atoms with van der Waals surface area (Å²) in [5.74, 6) is -0.820. The van der Waals surface area contributed by atoms with Crippen molar-refractivity contribution in [3.8, 4) is 11.1 Å². The normalized spacial score (nSPS) is 12.9. The fraction of sp³-hybridized carbons (Fsp3) is 0.323. The zero-order valence-corrected chi connectivity index (χ0v) is 21.0. The zero-order chi connectivity index (χ0) is 25.7. The van der Waals surface area contributed by atoms with Gasteiger partial charge in [-0.1, -0.05) is 48.5 Å². The van der Waals surface area contributed by atoms with E-state index >= 15 is 0 Å². The van der Waals surface area contributed by atoms with Gasteiger partial charge < -0.3 is 10.0 Å². The fourth-order valence-corrected chi connectivity index (χ4v) is 5.55. The molecule has 2 aliphatic rings. The van der Waals surface area contributed by atoms with E-state index in [1.54, 1.807) is 7.05 Å². The Balaban J connectivity index is 0.000000261. The van der Waals surface area contributed by atoms with Gasteiger partial charge in [-0.05, 0) is 95.5 Å². The Labute approximate surface area is 212 Å². The highest BCUT2D eigenvalue weighted by atomic mass is 16.4. The van der Waals surface area contributed by atoms with E-state index in [1.807, 2.05) is 0 Å². The number of aliphatic carboxylic acids is 1. The lowest BCUT2D eigenvalue weighted by Gasteiger charge is -2.28. The van der Waals surface area contributed by atoms with E-state index in [1.165, 1.54) is 55.0 Å². The van der Waals surface area contributed by atoms with Gasteiger partial charge in [-0.3, -0.25) is 14.4 Å². The van der Waals surface area contributed by atoms with Crippen molar-refractivity contribution < 1.29 is 19.5 Å². The van der Waals surface area contributed by atoms with Crippen LogP contribution in [0.15, 0.2) is 48.5 Å². The van der Waals surface area contributed by atoms with E-state index in [0.717, 1.165) is 44.0 Å². The van der Waals surface area contributed by atoms with E-state index in [2.05, 4.69) is 55.5 Å². The zero-order valence-electron chi connectivity index (χ0n) is 21.0. The minimum absolute atomic E-state index is 0.123. The molecule has 186 valence electrons. The van der Waals surface area contributed by atoms with Crippen molar-refractivity contribution in [1.29, 1.82) is 0 Å². The summed E-state index contributed by atoms with van der Waals surface area (Å²) in [5.41, 5.74) is 13.3. The van der Waals surface area contributed by atoms with Gasteiger partial charge in [-0.25, -0.2) is 0 Å². The number of rotatable bonds is 6. The van der Waals surface area contributed by atoms with Crippen LogP contribution in [0.2, 0.25) is 0 Å². The van der Waals surface area contributed by atoms with Crippen LogP contribution in [0.1, 0.15) is 62.1 Å². The highest BCUT2D eigenvalue weighted by Gasteiger charge is 2.27. The Morgan fingerprint density at radius 1 is 0.889 bits per heavy atom. The number of aldehydes is 1. The first-order chi connectivity index (χ1) is 17.4. The molecule has 0 aliphatic heterocycles. The van der Waals surface area contributed by atoms with E-state index in [-0.39, 0.29) is 6.42 Å². The number of carboxylic acid groups (broad SMARTS) is 1. The summed E-state index contributed by atoms with van der Waals surface area (Å²) in [5, 5.41) is 8.19. The number of carboxylic acids is 1. The van der Waals surface area contributed by atoms with Crippen LogP contribution in [0, 0.1) is 6.92 Å². The molecule has 5 nitrogen and oxygen atoms in total. The smallest absolute Gasteiger partial charge is 0.303 e. The van der Waals surface area contributed by atoms with Crippen LogP contribution in [-0.4, -0.2) is 42.3 Å². The van der Waals surface area contributed by atoms with Gasteiger partial charge in [0.2, 0.25) is 6.41 Å². The lowest BCUT2D eigenvalue weighted by atomic mass is 9.76.